The molecule has 1 aromatic carbocycles. The molecule has 22 heavy (non-hydrogen) atoms. The van der Waals surface area contributed by atoms with Crippen molar-refractivity contribution in [1.29, 1.82) is 0 Å². The summed E-state index contributed by atoms with van der Waals surface area (Å²) < 4.78 is 2.51. The topological polar surface area (TPSA) is 6.25 Å². The third kappa shape index (κ3) is 4.01. The summed E-state index contributed by atoms with van der Waals surface area (Å²) in [5.74, 6) is 0. The third-order valence-corrected chi connectivity index (χ3v) is 4.83. The van der Waals surface area contributed by atoms with Crippen LogP contribution in [0.3, 0.4) is 0 Å². The Morgan fingerprint density at radius 2 is 1.77 bits per heavy atom. The van der Waals surface area contributed by atoms with E-state index in [0.717, 1.165) is 19.4 Å². The molecule has 3 heteroatoms. The van der Waals surface area contributed by atoms with Gasteiger partial charge in [0.05, 0.1) is 6.42 Å². The van der Waals surface area contributed by atoms with Crippen LogP contribution in [0.2, 0.25) is 0 Å². The second-order valence-electron chi connectivity index (χ2n) is 6.92. The quantitative estimate of drug-likeness (QED) is 0.706. The maximum absolute atomic E-state index is 2.58. The van der Waals surface area contributed by atoms with Gasteiger partial charge in [-0.1, -0.05) is 30.3 Å². The third-order valence-electron chi connectivity index (χ3n) is 4.83. The zero-order chi connectivity index (χ0) is 14.7. The molecule has 2 aliphatic rings. The van der Waals surface area contributed by atoms with Crippen LogP contribution in [0, 0.1) is 0 Å². The molecule has 2 heterocycles. The first-order valence-electron chi connectivity index (χ1n) is 8.25. The Morgan fingerprint density at radius 3 is 2.41 bits per heavy atom. The molecule has 0 aliphatic carbocycles. The van der Waals surface area contributed by atoms with Crippen LogP contribution in [0.25, 0.3) is 0 Å². The zero-order valence-electron chi connectivity index (χ0n) is 13.8. The Balaban J connectivity index is 0.00000176. The van der Waals surface area contributed by atoms with E-state index in [-0.39, 0.29) is 22.5 Å². The van der Waals surface area contributed by atoms with E-state index in [2.05, 4.69) is 65.9 Å². The minimum absolute atomic E-state index is 0. The summed E-state index contributed by atoms with van der Waals surface area (Å²) in [6.45, 7) is 8.34. The van der Waals surface area contributed by atoms with Gasteiger partial charge in [0, 0.05) is 45.1 Å². The minimum atomic E-state index is 0. The number of rotatable bonds is 4. The summed E-state index contributed by atoms with van der Waals surface area (Å²) >= 11 is 0. The Bertz CT molecular complexity index is 540. The fourth-order valence-electron chi connectivity index (χ4n) is 3.47. The maximum atomic E-state index is 2.58. The lowest BCUT2D eigenvalue weighted by Crippen LogP contribution is -3.00. The van der Waals surface area contributed by atoms with Gasteiger partial charge in [-0.15, -0.1) is 0 Å². The van der Waals surface area contributed by atoms with E-state index >= 15 is 0 Å². The lowest BCUT2D eigenvalue weighted by Gasteiger charge is -2.31. The summed E-state index contributed by atoms with van der Waals surface area (Å²) in [6.07, 6.45) is 9.67. The van der Waals surface area contributed by atoms with Gasteiger partial charge in [0.25, 0.3) is 0 Å². The van der Waals surface area contributed by atoms with Gasteiger partial charge in [-0.2, -0.15) is 0 Å². The number of halogens is 1. The van der Waals surface area contributed by atoms with Gasteiger partial charge in [-0.05, 0) is 18.4 Å². The second kappa shape index (κ2) is 7.45. The fraction of sp³-hybridized carbons (Fsp3) is 0.526. The van der Waals surface area contributed by atoms with Gasteiger partial charge in [0.1, 0.15) is 6.54 Å². The van der Waals surface area contributed by atoms with Crippen molar-refractivity contribution in [2.75, 3.05) is 19.6 Å². The van der Waals surface area contributed by atoms with Crippen LogP contribution in [0.1, 0.15) is 38.7 Å². The Labute approximate surface area is 145 Å². The predicted molar refractivity (Wildman–Crippen MR) is 88.9 cm³/mol. The number of hydrogen-bond acceptors (Lipinski definition) is 1. The smallest absolute Gasteiger partial charge is 0.165 e. The molecule has 1 saturated heterocycles. The highest BCUT2D eigenvalue weighted by Gasteiger charge is 2.35. The van der Waals surface area contributed by atoms with Crippen LogP contribution < -0.4 is 17.0 Å². The van der Waals surface area contributed by atoms with Crippen LogP contribution in [-0.2, 0) is 6.42 Å². The van der Waals surface area contributed by atoms with Crippen LogP contribution in [0.15, 0.2) is 42.1 Å². The molecule has 0 aromatic heterocycles. The predicted octanol–water partition coefficient (Wildman–Crippen LogP) is 0.478. The standard InChI is InChI=1S/C19H27N2.BrH/c1-19(2)16-18(20-12-6-7-13-20)11-15-21(19)14-10-17-8-4-3-5-9-17;/h3-5,8-9,11,15H,6-7,10,12-14,16H2,1-2H3;1H/q+1;/p-1. The van der Waals surface area contributed by atoms with Gasteiger partial charge in [-0.3, -0.25) is 0 Å². The SMILES string of the molecule is CC1(C)CC(N2CCCC2)=CC=[N+]1CCc1ccccc1.[Br-]. The molecule has 0 spiro atoms. The van der Waals surface area contributed by atoms with E-state index in [1.54, 1.807) is 0 Å². The Kier molecular flexibility index (Phi) is 5.85. The van der Waals surface area contributed by atoms with Crippen molar-refractivity contribution < 1.29 is 21.6 Å². The van der Waals surface area contributed by atoms with Crippen molar-refractivity contribution in [2.45, 2.75) is 45.1 Å². The van der Waals surface area contributed by atoms with Crippen molar-refractivity contribution in [3.8, 4) is 0 Å². The van der Waals surface area contributed by atoms with Gasteiger partial charge < -0.3 is 21.9 Å². The highest BCUT2D eigenvalue weighted by atomic mass is 79.9. The van der Waals surface area contributed by atoms with Crippen molar-refractivity contribution in [2.24, 2.45) is 0 Å². The Hall–Kier alpha value is -1.09. The molecule has 0 saturated carbocycles. The summed E-state index contributed by atoms with van der Waals surface area (Å²) in [5, 5.41) is 0. The molecule has 3 rings (SSSR count). The number of hydrogen-bond donors (Lipinski definition) is 0. The van der Waals surface area contributed by atoms with Crippen LogP contribution in [0.5, 0.6) is 0 Å². The van der Waals surface area contributed by atoms with Crippen molar-refractivity contribution >= 4 is 6.21 Å². The average Bonchev–Trinajstić information content (AvgIpc) is 3.00. The molecular formula is C19H27BrN2. The van der Waals surface area contributed by atoms with Gasteiger partial charge in [0.15, 0.2) is 11.8 Å². The highest BCUT2D eigenvalue weighted by molar-refractivity contribution is 5.68. The van der Waals surface area contributed by atoms with Crippen molar-refractivity contribution in [1.82, 2.24) is 4.90 Å². The number of allylic oxidation sites excluding steroid dienone is 1. The van der Waals surface area contributed by atoms with E-state index < -0.39 is 0 Å². The minimum Gasteiger partial charge on any atom is -1.00 e. The fourth-order valence-corrected chi connectivity index (χ4v) is 3.47. The maximum Gasteiger partial charge on any atom is 0.165 e. The van der Waals surface area contributed by atoms with E-state index in [1.165, 1.54) is 37.2 Å². The molecule has 0 N–H and O–H groups in total. The second-order valence-corrected chi connectivity index (χ2v) is 6.92. The molecule has 2 aliphatic heterocycles. The van der Waals surface area contributed by atoms with Gasteiger partial charge in [-0.25, -0.2) is 4.58 Å². The summed E-state index contributed by atoms with van der Waals surface area (Å²) in [5.41, 5.74) is 3.19. The monoisotopic (exact) mass is 362 g/mol. The first-order valence-corrected chi connectivity index (χ1v) is 8.25. The molecular weight excluding hydrogens is 336 g/mol. The van der Waals surface area contributed by atoms with E-state index in [4.69, 9.17) is 0 Å². The summed E-state index contributed by atoms with van der Waals surface area (Å²) in [4.78, 5) is 2.58. The van der Waals surface area contributed by atoms with Crippen molar-refractivity contribution in [3.05, 3.63) is 47.7 Å². The van der Waals surface area contributed by atoms with Crippen molar-refractivity contribution in [3.63, 3.8) is 0 Å². The van der Waals surface area contributed by atoms with Gasteiger partial charge >= 0.3 is 0 Å². The highest BCUT2D eigenvalue weighted by Crippen LogP contribution is 2.27. The molecule has 0 amide bonds. The number of benzene rings is 1. The molecule has 0 radical (unpaired) electrons. The molecule has 0 atom stereocenters. The first-order chi connectivity index (χ1) is 10.1. The van der Waals surface area contributed by atoms with E-state index in [0.29, 0.717) is 0 Å². The van der Waals surface area contributed by atoms with E-state index in [1.807, 2.05) is 0 Å². The normalized spacial score (nSPS) is 20.2. The summed E-state index contributed by atoms with van der Waals surface area (Å²) in [7, 11) is 0. The zero-order valence-corrected chi connectivity index (χ0v) is 15.3. The molecule has 0 bridgehead atoms. The van der Waals surface area contributed by atoms with E-state index in [9.17, 15) is 0 Å². The van der Waals surface area contributed by atoms with Gasteiger partial charge in [0.2, 0.25) is 0 Å². The molecule has 1 fully saturated rings. The number of likely N-dealkylation sites (tertiary alicyclic amines) is 1. The summed E-state index contributed by atoms with van der Waals surface area (Å²) in [6, 6.07) is 10.8. The lowest BCUT2D eigenvalue weighted by atomic mass is 9.93. The number of nitrogens with zero attached hydrogens (tertiary/aromatic N) is 2. The molecule has 2 nitrogen and oxygen atoms in total. The largest absolute Gasteiger partial charge is 1.00 e. The first kappa shape index (κ1) is 17.3. The molecule has 120 valence electrons. The van der Waals surface area contributed by atoms with Crippen LogP contribution in [-0.4, -0.2) is 40.9 Å². The van der Waals surface area contributed by atoms with Crippen LogP contribution in [0.4, 0.5) is 0 Å². The lowest BCUT2D eigenvalue weighted by molar-refractivity contribution is -0.597. The average molecular weight is 363 g/mol. The Morgan fingerprint density at radius 1 is 1.09 bits per heavy atom. The van der Waals surface area contributed by atoms with Crippen LogP contribution >= 0.6 is 0 Å². The molecule has 0 unspecified atom stereocenters. The molecule has 1 aromatic rings.